The van der Waals surface area contributed by atoms with Crippen LogP contribution in [0, 0.1) is 5.41 Å². The Morgan fingerprint density at radius 2 is 2.15 bits per heavy atom. The second-order valence-electron chi connectivity index (χ2n) is 6.69. The second kappa shape index (κ2) is 6.70. The second-order valence-corrected chi connectivity index (χ2v) is 6.69. The molecule has 1 saturated carbocycles. The summed E-state index contributed by atoms with van der Waals surface area (Å²) in [4.78, 5) is 0. The number of ether oxygens (including phenoxy) is 1. The van der Waals surface area contributed by atoms with Crippen molar-refractivity contribution in [2.75, 3.05) is 13.7 Å². The number of nitrogens with one attached hydrogen (secondary N) is 1. The van der Waals surface area contributed by atoms with Crippen LogP contribution in [0.2, 0.25) is 0 Å². The van der Waals surface area contributed by atoms with Gasteiger partial charge in [-0.25, -0.2) is 0 Å². The predicted molar refractivity (Wildman–Crippen MR) is 83.5 cm³/mol. The molecule has 0 radical (unpaired) electrons. The molecule has 0 aromatic heterocycles. The van der Waals surface area contributed by atoms with Gasteiger partial charge in [0.25, 0.3) is 0 Å². The van der Waals surface area contributed by atoms with E-state index in [1.54, 1.807) is 7.11 Å². The van der Waals surface area contributed by atoms with Crippen molar-refractivity contribution in [1.29, 1.82) is 0 Å². The van der Waals surface area contributed by atoms with E-state index in [1.807, 2.05) is 0 Å². The minimum atomic E-state index is 0.222. The maximum atomic E-state index is 6.01. The van der Waals surface area contributed by atoms with E-state index in [1.165, 1.54) is 30.4 Å². The smallest absolute Gasteiger partial charge is 0.0716 e. The number of rotatable bonds is 6. The highest BCUT2D eigenvalue weighted by Crippen LogP contribution is 2.37. The van der Waals surface area contributed by atoms with Crippen molar-refractivity contribution < 1.29 is 4.74 Å². The Bertz CT molecular complexity index is 431. The highest BCUT2D eigenvalue weighted by Gasteiger charge is 2.32. The first-order valence-corrected chi connectivity index (χ1v) is 7.58. The average molecular weight is 276 g/mol. The van der Waals surface area contributed by atoms with Gasteiger partial charge in [0.1, 0.15) is 0 Å². The fourth-order valence-electron chi connectivity index (χ4n) is 3.31. The standard InChI is InChI=1S/C17H28N2O/c1-17(2)9-8-14(10-17)19-16(11-18)15-7-5-4-6-13(15)12-20-3/h4-7,14,16,19H,8-12,18H2,1-3H3. The normalized spacial score (nSPS) is 22.9. The first kappa shape index (κ1) is 15.5. The number of hydrogen-bond donors (Lipinski definition) is 2. The minimum absolute atomic E-state index is 0.222. The van der Waals surface area contributed by atoms with E-state index in [-0.39, 0.29) is 6.04 Å². The summed E-state index contributed by atoms with van der Waals surface area (Å²) in [5, 5.41) is 3.76. The molecule has 1 aliphatic rings. The van der Waals surface area contributed by atoms with Crippen molar-refractivity contribution >= 4 is 0 Å². The first-order valence-electron chi connectivity index (χ1n) is 7.58. The van der Waals surface area contributed by atoms with Crippen LogP contribution in [0.1, 0.15) is 50.3 Å². The molecule has 0 bridgehead atoms. The third-order valence-electron chi connectivity index (χ3n) is 4.37. The van der Waals surface area contributed by atoms with Crippen LogP contribution in [0.4, 0.5) is 0 Å². The summed E-state index contributed by atoms with van der Waals surface area (Å²) in [5.41, 5.74) is 8.98. The summed E-state index contributed by atoms with van der Waals surface area (Å²) < 4.78 is 5.30. The Labute approximate surface area is 122 Å². The minimum Gasteiger partial charge on any atom is -0.380 e. The first-order chi connectivity index (χ1) is 9.55. The molecule has 0 heterocycles. The van der Waals surface area contributed by atoms with Gasteiger partial charge in [-0.15, -0.1) is 0 Å². The zero-order valence-corrected chi connectivity index (χ0v) is 13.0. The Balaban J connectivity index is 2.08. The molecule has 112 valence electrons. The van der Waals surface area contributed by atoms with Gasteiger partial charge >= 0.3 is 0 Å². The van der Waals surface area contributed by atoms with Crippen molar-refractivity contribution in [2.24, 2.45) is 11.1 Å². The molecule has 2 atom stereocenters. The number of methoxy groups -OCH3 is 1. The van der Waals surface area contributed by atoms with Gasteiger partial charge in [-0.3, -0.25) is 0 Å². The highest BCUT2D eigenvalue weighted by atomic mass is 16.5. The molecule has 1 fully saturated rings. The lowest BCUT2D eigenvalue weighted by Crippen LogP contribution is -2.36. The van der Waals surface area contributed by atoms with Crippen LogP contribution >= 0.6 is 0 Å². The molecule has 3 heteroatoms. The van der Waals surface area contributed by atoms with Gasteiger partial charge in [-0.05, 0) is 35.8 Å². The molecule has 2 unspecified atom stereocenters. The van der Waals surface area contributed by atoms with Gasteiger partial charge in [0.2, 0.25) is 0 Å². The SMILES string of the molecule is COCc1ccccc1C(CN)NC1CCC(C)(C)C1. The average Bonchev–Trinajstić information content (AvgIpc) is 2.77. The molecule has 1 aromatic rings. The third kappa shape index (κ3) is 3.81. The van der Waals surface area contributed by atoms with E-state index >= 15 is 0 Å². The van der Waals surface area contributed by atoms with Crippen LogP contribution in [0.15, 0.2) is 24.3 Å². The van der Waals surface area contributed by atoms with Crippen LogP contribution in [-0.2, 0) is 11.3 Å². The van der Waals surface area contributed by atoms with E-state index < -0.39 is 0 Å². The molecule has 0 aliphatic heterocycles. The zero-order valence-electron chi connectivity index (χ0n) is 13.0. The number of hydrogen-bond acceptors (Lipinski definition) is 3. The summed E-state index contributed by atoms with van der Waals surface area (Å²) in [6.45, 7) is 5.97. The lowest BCUT2D eigenvalue weighted by Gasteiger charge is -2.25. The lowest BCUT2D eigenvalue weighted by molar-refractivity contribution is 0.183. The molecule has 0 saturated heterocycles. The molecular formula is C17H28N2O. The zero-order chi connectivity index (χ0) is 14.6. The van der Waals surface area contributed by atoms with Crippen molar-refractivity contribution in [2.45, 2.75) is 51.8 Å². The molecule has 20 heavy (non-hydrogen) atoms. The summed E-state index contributed by atoms with van der Waals surface area (Å²) in [6.07, 6.45) is 3.77. The van der Waals surface area contributed by atoms with E-state index in [0.29, 0.717) is 24.6 Å². The maximum absolute atomic E-state index is 6.01. The lowest BCUT2D eigenvalue weighted by atomic mass is 9.91. The molecule has 1 aliphatic carbocycles. The molecule has 3 N–H and O–H groups in total. The third-order valence-corrected chi connectivity index (χ3v) is 4.37. The molecule has 0 spiro atoms. The summed E-state index contributed by atoms with van der Waals surface area (Å²) in [7, 11) is 1.74. The van der Waals surface area contributed by atoms with Crippen LogP contribution < -0.4 is 11.1 Å². The van der Waals surface area contributed by atoms with Gasteiger partial charge in [-0.1, -0.05) is 38.1 Å². The van der Waals surface area contributed by atoms with Gasteiger partial charge in [-0.2, -0.15) is 0 Å². The van der Waals surface area contributed by atoms with Crippen molar-refractivity contribution in [3.05, 3.63) is 35.4 Å². The molecule has 2 rings (SSSR count). The Kier molecular flexibility index (Phi) is 5.19. The molecule has 1 aromatic carbocycles. The Morgan fingerprint density at radius 3 is 2.75 bits per heavy atom. The summed E-state index contributed by atoms with van der Waals surface area (Å²) >= 11 is 0. The van der Waals surface area contributed by atoms with Gasteiger partial charge < -0.3 is 15.8 Å². The summed E-state index contributed by atoms with van der Waals surface area (Å²) in [6, 6.07) is 9.23. The van der Waals surface area contributed by atoms with E-state index in [0.717, 1.165) is 0 Å². The van der Waals surface area contributed by atoms with Crippen molar-refractivity contribution in [3.8, 4) is 0 Å². The van der Waals surface area contributed by atoms with E-state index in [9.17, 15) is 0 Å². The molecule has 3 nitrogen and oxygen atoms in total. The number of nitrogens with two attached hydrogens (primary N) is 1. The topological polar surface area (TPSA) is 47.3 Å². The Morgan fingerprint density at radius 1 is 1.40 bits per heavy atom. The predicted octanol–water partition coefficient (Wildman–Crippen LogP) is 3.00. The monoisotopic (exact) mass is 276 g/mol. The fraction of sp³-hybridized carbons (Fsp3) is 0.647. The quantitative estimate of drug-likeness (QED) is 0.839. The van der Waals surface area contributed by atoms with Gasteiger partial charge in [0.15, 0.2) is 0 Å². The van der Waals surface area contributed by atoms with Crippen LogP contribution in [0.5, 0.6) is 0 Å². The van der Waals surface area contributed by atoms with Crippen LogP contribution in [-0.4, -0.2) is 19.7 Å². The van der Waals surface area contributed by atoms with E-state index in [2.05, 4.69) is 43.4 Å². The van der Waals surface area contributed by atoms with E-state index in [4.69, 9.17) is 10.5 Å². The van der Waals surface area contributed by atoms with Crippen molar-refractivity contribution in [1.82, 2.24) is 5.32 Å². The van der Waals surface area contributed by atoms with Crippen LogP contribution in [0.3, 0.4) is 0 Å². The number of benzene rings is 1. The fourth-order valence-corrected chi connectivity index (χ4v) is 3.31. The molecular weight excluding hydrogens is 248 g/mol. The van der Waals surface area contributed by atoms with Crippen molar-refractivity contribution in [3.63, 3.8) is 0 Å². The largest absolute Gasteiger partial charge is 0.380 e. The highest BCUT2D eigenvalue weighted by molar-refractivity contribution is 5.30. The van der Waals surface area contributed by atoms with Crippen LogP contribution in [0.25, 0.3) is 0 Å². The van der Waals surface area contributed by atoms with Gasteiger partial charge in [0.05, 0.1) is 6.61 Å². The Hall–Kier alpha value is -0.900. The van der Waals surface area contributed by atoms with Gasteiger partial charge in [0, 0.05) is 25.7 Å². The maximum Gasteiger partial charge on any atom is 0.0716 e. The molecule has 0 amide bonds. The summed E-state index contributed by atoms with van der Waals surface area (Å²) in [5.74, 6) is 0.